The Morgan fingerprint density at radius 2 is 0.744 bits per heavy atom. The van der Waals surface area contributed by atoms with Crippen LogP contribution in [-0.2, 0) is 10.8 Å². The van der Waals surface area contributed by atoms with Crippen LogP contribution in [0.2, 0.25) is 0 Å². The molecule has 0 radical (unpaired) electrons. The van der Waals surface area contributed by atoms with Crippen LogP contribution in [0.4, 0.5) is 17.1 Å². The topological polar surface area (TPSA) is 8.17 Å². The molecule has 3 aliphatic rings. The molecule has 0 N–H and O–H groups in total. The number of hydrogen-bond acceptors (Lipinski definition) is 1. The van der Waals surface area contributed by atoms with Gasteiger partial charge in [-0.15, -0.1) is 0 Å². The Morgan fingerprint density at radius 3 is 1.51 bits per heavy atom. The van der Waals surface area contributed by atoms with E-state index in [2.05, 4.69) is 337 Å². The number of fused-ring (bicyclic) bond motifs is 16. The van der Waals surface area contributed by atoms with Crippen molar-refractivity contribution in [3.63, 3.8) is 0 Å². The molecule has 18 rings (SSSR count). The van der Waals surface area contributed by atoms with E-state index in [1.807, 2.05) is 0 Å². The van der Waals surface area contributed by atoms with Crippen molar-refractivity contribution in [2.75, 3.05) is 4.90 Å². The van der Waals surface area contributed by atoms with E-state index >= 15 is 0 Å². The molecule has 15 aromatic rings. The van der Waals surface area contributed by atoms with E-state index in [0.29, 0.717) is 0 Å². The lowest BCUT2D eigenvalue weighted by Crippen LogP contribution is -2.33. The summed E-state index contributed by atoms with van der Waals surface area (Å²) in [7, 11) is 0. The second kappa shape index (κ2) is 18.7. The van der Waals surface area contributed by atoms with Crippen LogP contribution < -0.4 is 4.90 Å². The van der Waals surface area contributed by atoms with Crippen LogP contribution in [0.1, 0.15) is 44.5 Å². The minimum absolute atomic E-state index is 0.573. The van der Waals surface area contributed by atoms with Gasteiger partial charge in [-0.25, -0.2) is 0 Å². The zero-order chi connectivity index (χ0) is 56.5. The highest BCUT2D eigenvalue weighted by atomic mass is 15.2. The van der Waals surface area contributed by atoms with Gasteiger partial charge >= 0.3 is 0 Å². The third-order valence-electron chi connectivity index (χ3n) is 19.3. The highest BCUT2D eigenvalue weighted by Gasteiger charge is 2.51. The van der Waals surface area contributed by atoms with Crippen LogP contribution in [0.5, 0.6) is 0 Å². The summed E-state index contributed by atoms with van der Waals surface area (Å²) in [5.41, 5.74) is 28.3. The third-order valence-corrected chi connectivity index (χ3v) is 19.3. The van der Waals surface area contributed by atoms with Crippen molar-refractivity contribution in [2.24, 2.45) is 0 Å². The largest absolute Gasteiger partial charge is 0.309 e. The van der Waals surface area contributed by atoms with Crippen LogP contribution in [0.25, 0.3) is 93.9 Å². The maximum atomic E-state index is 2.58. The summed E-state index contributed by atoms with van der Waals surface area (Å²) in [6.07, 6.45) is 0. The number of rotatable bonds is 8. The van der Waals surface area contributed by atoms with E-state index in [1.54, 1.807) is 0 Å². The van der Waals surface area contributed by atoms with Crippen LogP contribution in [0.15, 0.2) is 328 Å². The van der Waals surface area contributed by atoms with Crippen molar-refractivity contribution >= 4 is 49.6 Å². The molecule has 1 unspecified atom stereocenters. The lowest BCUT2D eigenvalue weighted by molar-refractivity contribution is 0.749. The van der Waals surface area contributed by atoms with Gasteiger partial charge in [0.05, 0.1) is 44.6 Å². The molecule has 86 heavy (non-hydrogen) atoms. The molecule has 0 saturated carbocycles. The van der Waals surface area contributed by atoms with Gasteiger partial charge in [0.25, 0.3) is 0 Å². The monoisotopic (exact) mass is 1090 g/mol. The normalized spacial score (nSPS) is 14.7. The molecule has 14 aromatic carbocycles. The average Bonchev–Trinajstić information content (AvgIpc) is 1.54. The van der Waals surface area contributed by atoms with Crippen molar-refractivity contribution < 1.29 is 0 Å². The molecule has 2 aliphatic carbocycles. The van der Waals surface area contributed by atoms with Crippen molar-refractivity contribution in [2.45, 2.75) is 10.8 Å². The van der Waals surface area contributed by atoms with E-state index in [0.717, 1.165) is 33.6 Å². The molecular formula is C84H54N2. The summed E-state index contributed by atoms with van der Waals surface area (Å²) >= 11 is 0. The molecule has 0 bridgehead atoms. The van der Waals surface area contributed by atoms with Crippen LogP contribution in [0.3, 0.4) is 0 Å². The predicted molar refractivity (Wildman–Crippen MR) is 357 cm³/mol. The lowest BCUT2D eigenvalue weighted by atomic mass is 9.65. The fourth-order valence-corrected chi connectivity index (χ4v) is 15.9. The Hall–Kier alpha value is -11.1. The second-order valence-corrected chi connectivity index (χ2v) is 23.3. The molecule has 2 heteroatoms. The van der Waals surface area contributed by atoms with Gasteiger partial charge in [-0.05, 0) is 131 Å². The maximum absolute atomic E-state index is 2.58. The summed E-state index contributed by atoms with van der Waals surface area (Å²) < 4.78 is 2.53. The van der Waals surface area contributed by atoms with Gasteiger partial charge in [0.15, 0.2) is 0 Å². The van der Waals surface area contributed by atoms with Gasteiger partial charge in [0.2, 0.25) is 0 Å². The number of para-hydroxylation sites is 4. The fraction of sp³-hybridized carbons (Fsp3) is 0.0238. The number of nitrogens with zero attached hydrogens (tertiary/aromatic N) is 2. The Kier molecular flexibility index (Phi) is 10.6. The Bertz CT molecular complexity index is 5190. The molecule has 0 amide bonds. The maximum Gasteiger partial charge on any atom is 0.0754 e. The van der Waals surface area contributed by atoms with E-state index in [1.165, 1.54) is 122 Å². The van der Waals surface area contributed by atoms with Crippen molar-refractivity contribution in [1.29, 1.82) is 0 Å². The Labute approximate surface area is 500 Å². The predicted octanol–water partition coefficient (Wildman–Crippen LogP) is 21.4. The first kappa shape index (κ1) is 48.5. The van der Waals surface area contributed by atoms with Crippen molar-refractivity contribution in [3.05, 3.63) is 372 Å². The molecule has 0 fully saturated rings. The van der Waals surface area contributed by atoms with Crippen LogP contribution in [-0.4, -0.2) is 4.57 Å². The van der Waals surface area contributed by atoms with Gasteiger partial charge in [-0.1, -0.05) is 291 Å². The smallest absolute Gasteiger partial charge is 0.0754 e. The first-order valence-corrected chi connectivity index (χ1v) is 30.0. The fourth-order valence-electron chi connectivity index (χ4n) is 15.9. The second-order valence-electron chi connectivity index (χ2n) is 23.3. The minimum atomic E-state index is -0.583. The van der Waals surface area contributed by atoms with Crippen LogP contribution in [0, 0.1) is 0 Å². The molecule has 2 heterocycles. The molecule has 1 atom stereocenters. The summed E-state index contributed by atoms with van der Waals surface area (Å²) in [6.45, 7) is 0. The Morgan fingerprint density at radius 1 is 0.244 bits per heavy atom. The van der Waals surface area contributed by atoms with Gasteiger partial charge < -0.3 is 9.47 Å². The first-order chi connectivity index (χ1) is 42.7. The quantitative estimate of drug-likeness (QED) is 0.147. The first-order valence-electron chi connectivity index (χ1n) is 30.0. The number of benzene rings is 14. The summed E-state index contributed by atoms with van der Waals surface area (Å²) in [4.78, 5) is 2.58. The Balaban J connectivity index is 0.884. The van der Waals surface area contributed by atoms with Gasteiger partial charge in [-0.2, -0.15) is 0 Å². The molecule has 1 spiro atoms. The number of anilines is 3. The standard InChI is InChI=1S/C84H54N2/c1-4-24-55(25-5-1)56-46-48-57(49-47-56)62-30-14-19-42-76(62)85(80-45-23-40-73-81(80)69-35-13-17-38-71(69)83(73,59-26-6-2-7-27-59)60-28-8-3-9-29-60)78-53-52-61(63-31-10-11-33-66(63)78)58-50-51-65-64-32-12-16-37-70(64)84(75(65)54-58)72-39-18-21-44-79(72)86-77-43-20-15-34-67(77)68-36-22-41-74(84)82(68)86/h1-54H. The molecule has 2 nitrogen and oxygen atoms in total. The van der Waals surface area contributed by atoms with E-state index < -0.39 is 10.8 Å². The summed E-state index contributed by atoms with van der Waals surface area (Å²) in [5, 5.41) is 4.91. The molecular weight excluding hydrogens is 1040 g/mol. The van der Waals surface area contributed by atoms with Crippen molar-refractivity contribution in [3.8, 4) is 61.3 Å². The summed E-state index contributed by atoms with van der Waals surface area (Å²) in [5.74, 6) is 0. The molecule has 400 valence electrons. The van der Waals surface area contributed by atoms with Crippen LogP contribution >= 0.6 is 0 Å². The van der Waals surface area contributed by atoms with E-state index in [9.17, 15) is 0 Å². The van der Waals surface area contributed by atoms with E-state index in [4.69, 9.17) is 0 Å². The van der Waals surface area contributed by atoms with Crippen molar-refractivity contribution in [1.82, 2.24) is 4.57 Å². The SMILES string of the molecule is c1ccc(-c2ccc(-c3ccccc3N(c3cccc4c3-c3ccccc3C4(c3ccccc3)c3ccccc3)c3ccc(-c4ccc5c(c4)C4(c6ccccc6-5)c5ccccc5-n5c6ccccc6c6cccc4c65)c4ccccc34)cc2)cc1. The highest BCUT2D eigenvalue weighted by Crippen LogP contribution is 2.63. The van der Waals surface area contributed by atoms with E-state index in [-0.39, 0.29) is 0 Å². The average molecular weight is 1090 g/mol. The lowest BCUT2D eigenvalue weighted by Gasteiger charge is -2.39. The molecule has 1 aromatic heterocycles. The number of aromatic nitrogens is 1. The van der Waals surface area contributed by atoms with Gasteiger partial charge in [-0.3, -0.25) is 0 Å². The highest BCUT2D eigenvalue weighted by molar-refractivity contribution is 6.14. The summed E-state index contributed by atoms with van der Waals surface area (Å²) in [6, 6.07) is 123. The van der Waals surface area contributed by atoms with Gasteiger partial charge in [0.1, 0.15) is 0 Å². The zero-order valence-electron chi connectivity index (χ0n) is 47.1. The zero-order valence-corrected chi connectivity index (χ0v) is 47.1. The molecule has 0 saturated heterocycles. The number of hydrogen-bond donors (Lipinski definition) is 0. The third kappa shape index (κ3) is 6.61. The molecule has 1 aliphatic heterocycles. The van der Waals surface area contributed by atoms with Gasteiger partial charge in [0, 0.05) is 27.3 Å². The minimum Gasteiger partial charge on any atom is -0.309 e.